The zero-order valence-corrected chi connectivity index (χ0v) is 12.3. The van der Waals surface area contributed by atoms with Gasteiger partial charge < -0.3 is 15.5 Å². The minimum atomic E-state index is -0.0267. The van der Waals surface area contributed by atoms with Crippen molar-refractivity contribution in [1.82, 2.24) is 15.3 Å². The lowest BCUT2D eigenvalue weighted by Gasteiger charge is -2.25. The quantitative estimate of drug-likeness (QED) is 0.809. The number of hydrogen-bond acceptors (Lipinski definition) is 5. The topological polar surface area (TPSA) is 70.2 Å². The van der Waals surface area contributed by atoms with Crippen molar-refractivity contribution in [3.63, 3.8) is 0 Å². The second kappa shape index (κ2) is 6.92. The third-order valence-electron chi connectivity index (χ3n) is 2.97. The fourth-order valence-corrected chi connectivity index (χ4v) is 1.96. The van der Waals surface area contributed by atoms with Crippen molar-refractivity contribution in [3.05, 3.63) is 11.9 Å². The van der Waals surface area contributed by atoms with Gasteiger partial charge in [0.05, 0.1) is 6.54 Å². The van der Waals surface area contributed by atoms with Crippen LogP contribution in [0.25, 0.3) is 0 Å². The van der Waals surface area contributed by atoms with Crippen LogP contribution in [0.2, 0.25) is 0 Å². The van der Waals surface area contributed by atoms with Crippen LogP contribution in [0, 0.1) is 0 Å². The fourth-order valence-electron chi connectivity index (χ4n) is 1.96. The number of likely N-dealkylation sites (N-methyl/N-ethyl adjacent to an activating group) is 2. The zero-order chi connectivity index (χ0) is 14.4. The molecule has 0 aliphatic rings. The van der Waals surface area contributed by atoms with Crippen LogP contribution < -0.4 is 15.5 Å². The molecule has 0 saturated carbocycles. The molecule has 6 nitrogen and oxygen atoms in total. The summed E-state index contributed by atoms with van der Waals surface area (Å²) < 4.78 is 0. The SMILES string of the molecule is CCN(CC(=O)NC)c1ncnc(NC)c1C(C)C. The molecule has 1 heterocycles. The van der Waals surface area contributed by atoms with E-state index in [9.17, 15) is 4.79 Å². The van der Waals surface area contributed by atoms with Crippen LogP contribution in [0.15, 0.2) is 6.33 Å². The van der Waals surface area contributed by atoms with E-state index in [1.165, 1.54) is 6.33 Å². The van der Waals surface area contributed by atoms with Crippen molar-refractivity contribution in [2.24, 2.45) is 0 Å². The molecule has 0 bridgehead atoms. The number of anilines is 2. The molecule has 1 rings (SSSR count). The van der Waals surface area contributed by atoms with Crippen LogP contribution in [-0.2, 0) is 4.79 Å². The molecule has 19 heavy (non-hydrogen) atoms. The van der Waals surface area contributed by atoms with Crippen molar-refractivity contribution < 1.29 is 4.79 Å². The van der Waals surface area contributed by atoms with Gasteiger partial charge in [0, 0.05) is 26.2 Å². The number of amides is 1. The summed E-state index contributed by atoms with van der Waals surface area (Å²) in [6.07, 6.45) is 1.53. The first kappa shape index (κ1) is 15.2. The number of carbonyl (C=O) groups is 1. The molecule has 0 fully saturated rings. The Morgan fingerprint density at radius 1 is 1.37 bits per heavy atom. The lowest BCUT2D eigenvalue weighted by atomic mass is 10.0. The number of nitrogens with one attached hydrogen (secondary N) is 2. The van der Waals surface area contributed by atoms with Crippen LogP contribution in [0.5, 0.6) is 0 Å². The molecule has 1 amide bonds. The monoisotopic (exact) mass is 265 g/mol. The highest BCUT2D eigenvalue weighted by Crippen LogP contribution is 2.30. The molecule has 0 aliphatic carbocycles. The molecule has 2 N–H and O–H groups in total. The highest BCUT2D eigenvalue weighted by Gasteiger charge is 2.19. The summed E-state index contributed by atoms with van der Waals surface area (Å²) in [6, 6.07) is 0. The number of hydrogen-bond donors (Lipinski definition) is 2. The van der Waals surface area contributed by atoms with Crippen molar-refractivity contribution in [2.45, 2.75) is 26.7 Å². The Bertz CT molecular complexity index is 433. The van der Waals surface area contributed by atoms with E-state index in [1.54, 1.807) is 7.05 Å². The Morgan fingerprint density at radius 2 is 2.05 bits per heavy atom. The Hall–Kier alpha value is -1.85. The molecule has 1 aromatic rings. The summed E-state index contributed by atoms with van der Waals surface area (Å²) >= 11 is 0. The number of carbonyl (C=O) groups excluding carboxylic acids is 1. The molecule has 0 aliphatic heterocycles. The summed E-state index contributed by atoms with van der Waals surface area (Å²) in [6.45, 7) is 7.21. The predicted molar refractivity (Wildman–Crippen MR) is 77.6 cm³/mol. The molecular weight excluding hydrogens is 242 g/mol. The van der Waals surface area contributed by atoms with Gasteiger partial charge >= 0.3 is 0 Å². The van der Waals surface area contributed by atoms with Crippen molar-refractivity contribution in [3.8, 4) is 0 Å². The summed E-state index contributed by atoms with van der Waals surface area (Å²) in [7, 11) is 3.48. The average Bonchev–Trinajstić information content (AvgIpc) is 2.43. The smallest absolute Gasteiger partial charge is 0.239 e. The Labute approximate surface area is 114 Å². The van der Waals surface area contributed by atoms with Crippen molar-refractivity contribution >= 4 is 17.5 Å². The molecule has 0 radical (unpaired) electrons. The third-order valence-corrected chi connectivity index (χ3v) is 2.97. The predicted octanol–water partition coefficient (Wildman–Crippen LogP) is 1.21. The largest absolute Gasteiger partial charge is 0.373 e. The number of aromatic nitrogens is 2. The molecule has 0 atom stereocenters. The summed E-state index contributed by atoms with van der Waals surface area (Å²) in [5, 5.41) is 5.72. The first-order chi connectivity index (χ1) is 9.04. The van der Waals surface area contributed by atoms with Gasteiger partial charge in [-0.15, -0.1) is 0 Å². The van der Waals surface area contributed by atoms with Gasteiger partial charge in [-0.2, -0.15) is 0 Å². The number of rotatable bonds is 6. The Morgan fingerprint density at radius 3 is 2.53 bits per heavy atom. The maximum Gasteiger partial charge on any atom is 0.239 e. The van der Waals surface area contributed by atoms with E-state index in [1.807, 2.05) is 18.9 Å². The van der Waals surface area contributed by atoms with Gasteiger partial charge in [-0.3, -0.25) is 4.79 Å². The molecule has 0 aromatic carbocycles. The molecule has 1 aromatic heterocycles. The molecule has 0 saturated heterocycles. The highest BCUT2D eigenvalue weighted by atomic mass is 16.1. The molecule has 6 heteroatoms. The normalized spacial score (nSPS) is 10.4. The van der Waals surface area contributed by atoms with Gasteiger partial charge in [-0.1, -0.05) is 13.8 Å². The van der Waals surface area contributed by atoms with Gasteiger partial charge in [-0.25, -0.2) is 9.97 Å². The lowest BCUT2D eigenvalue weighted by molar-refractivity contribution is -0.119. The first-order valence-electron chi connectivity index (χ1n) is 6.53. The summed E-state index contributed by atoms with van der Waals surface area (Å²) in [5.74, 6) is 1.88. The fraction of sp³-hybridized carbons (Fsp3) is 0.615. The van der Waals surface area contributed by atoms with E-state index in [0.29, 0.717) is 13.1 Å². The highest BCUT2D eigenvalue weighted by molar-refractivity contribution is 5.81. The van der Waals surface area contributed by atoms with Gasteiger partial charge in [-0.05, 0) is 12.8 Å². The van der Waals surface area contributed by atoms with Gasteiger partial charge in [0.15, 0.2) is 0 Å². The molecular formula is C13H23N5O. The minimum Gasteiger partial charge on any atom is -0.373 e. The van der Waals surface area contributed by atoms with Gasteiger partial charge in [0.25, 0.3) is 0 Å². The van der Waals surface area contributed by atoms with Crippen LogP contribution >= 0.6 is 0 Å². The van der Waals surface area contributed by atoms with Crippen molar-refractivity contribution in [1.29, 1.82) is 0 Å². The molecule has 106 valence electrons. The number of nitrogens with zero attached hydrogens (tertiary/aromatic N) is 3. The van der Waals surface area contributed by atoms with Crippen LogP contribution in [-0.4, -0.2) is 43.1 Å². The maximum atomic E-state index is 11.6. The van der Waals surface area contributed by atoms with Crippen LogP contribution in [0.1, 0.15) is 32.3 Å². The standard InChI is InChI=1S/C13H23N5O/c1-6-18(7-10(19)14-4)13-11(9(2)3)12(15-5)16-8-17-13/h8-9H,6-7H2,1-5H3,(H,14,19)(H,15,16,17). The van der Waals surface area contributed by atoms with Gasteiger partial charge in [0.2, 0.25) is 5.91 Å². The molecule has 0 unspecified atom stereocenters. The lowest BCUT2D eigenvalue weighted by Crippen LogP contribution is -2.36. The first-order valence-corrected chi connectivity index (χ1v) is 6.53. The van der Waals surface area contributed by atoms with E-state index in [0.717, 1.165) is 17.2 Å². The van der Waals surface area contributed by atoms with E-state index in [-0.39, 0.29) is 11.8 Å². The van der Waals surface area contributed by atoms with Crippen LogP contribution in [0.4, 0.5) is 11.6 Å². The van der Waals surface area contributed by atoms with E-state index >= 15 is 0 Å². The minimum absolute atomic E-state index is 0.0267. The van der Waals surface area contributed by atoms with E-state index in [2.05, 4.69) is 34.4 Å². The molecule has 0 spiro atoms. The third kappa shape index (κ3) is 3.56. The Balaban J connectivity index is 3.19. The van der Waals surface area contributed by atoms with Gasteiger partial charge in [0.1, 0.15) is 18.0 Å². The summed E-state index contributed by atoms with van der Waals surface area (Å²) in [5.41, 5.74) is 1.04. The second-order valence-electron chi connectivity index (χ2n) is 4.55. The van der Waals surface area contributed by atoms with Crippen LogP contribution in [0.3, 0.4) is 0 Å². The average molecular weight is 265 g/mol. The zero-order valence-electron chi connectivity index (χ0n) is 12.3. The second-order valence-corrected chi connectivity index (χ2v) is 4.55. The maximum absolute atomic E-state index is 11.6. The van der Waals surface area contributed by atoms with E-state index in [4.69, 9.17) is 0 Å². The Kier molecular flexibility index (Phi) is 5.54. The van der Waals surface area contributed by atoms with Crippen molar-refractivity contribution in [2.75, 3.05) is 37.4 Å². The summed E-state index contributed by atoms with van der Waals surface area (Å²) in [4.78, 5) is 22.1. The van der Waals surface area contributed by atoms with E-state index < -0.39 is 0 Å².